The number of hydrogen-bond acceptors (Lipinski definition) is 5. The molecule has 33 heavy (non-hydrogen) atoms. The van der Waals surface area contributed by atoms with Crippen LogP contribution >= 0.6 is 0 Å². The van der Waals surface area contributed by atoms with Crippen LogP contribution in [-0.2, 0) is 19.7 Å². The van der Waals surface area contributed by atoms with Crippen LogP contribution in [0.2, 0.25) is 0 Å². The van der Waals surface area contributed by atoms with Crippen molar-refractivity contribution in [2.45, 2.75) is 45.6 Å². The first-order valence-corrected chi connectivity index (χ1v) is 11.1. The van der Waals surface area contributed by atoms with E-state index in [0.717, 1.165) is 16.7 Å². The van der Waals surface area contributed by atoms with Crippen molar-refractivity contribution in [3.05, 3.63) is 70.3 Å². The van der Waals surface area contributed by atoms with E-state index < -0.39 is 17.7 Å². The molecule has 6 nitrogen and oxygen atoms in total. The topological polar surface area (TPSA) is 76.1 Å². The van der Waals surface area contributed by atoms with Crippen molar-refractivity contribution >= 4 is 17.4 Å². The number of carbonyl (C=O) groups excluding carboxylic acids is 2. The van der Waals surface area contributed by atoms with Gasteiger partial charge in [0, 0.05) is 25.8 Å². The molecule has 1 fully saturated rings. The summed E-state index contributed by atoms with van der Waals surface area (Å²) in [5, 5.41) is 11.3. The molecule has 0 aliphatic carbocycles. The molecular formula is C27H33NO5. The third-order valence-electron chi connectivity index (χ3n) is 6.07. The van der Waals surface area contributed by atoms with E-state index in [0.29, 0.717) is 30.9 Å². The molecule has 1 saturated heterocycles. The minimum atomic E-state index is -0.676. The van der Waals surface area contributed by atoms with E-state index in [-0.39, 0.29) is 16.7 Å². The normalized spacial score (nSPS) is 18.1. The van der Waals surface area contributed by atoms with Gasteiger partial charge in [0.15, 0.2) is 0 Å². The summed E-state index contributed by atoms with van der Waals surface area (Å²) in [4.78, 5) is 27.7. The summed E-state index contributed by atoms with van der Waals surface area (Å²) in [6, 6.07) is 12.5. The lowest BCUT2D eigenvalue weighted by atomic mass is 9.85. The number of amides is 1. The number of ketones is 1. The van der Waals surface area contributed by atoms with Crippen LogP contribution in [0.3, 0.4) is 0 Å². The van der Waals surface area contributed by atoms with Gasteiger partial charge in [-0.1, -0.05) is 45.0 Å². The molecule has 6 heteroatoms. The van der Waals surface area contributed by atoms with Gasteiger partial charge in [-0.15, -0.1) is 0 Å². The Hall–Kier alpha value is -3.12. The van der Waals surface area contributed by atoms with Crippen LogP contribution in [0.4, 0.5) is 0 Å². The maximum absolute atomic E-state index is 13.1. The summed E-state index contributed by atoms with van der Waals surface area (Å²) in [5.74, 6) is -0.806. The van der Waals surface area contributed by atoms with Gasteiger partial charge in [-0.25, -0.2) is 0 Å². The zero-order chi connectivity index (χ0) is 24.3. The van der Waals surface area contributed by atoms with E-state index >= 15 is 0 Å². The second-order valence-electron chi connectivity index (χ2n) is 9.39. The molecule has 0 spiro atoms. The highest BCUT2D eigenvalue weighted by Crippen LogP contribution is 2.40. The number of likely N-dealkylation sites (tertiary alicyclic amines) is 1. The lowest BCUT2D eigenvalue weighted by Gasteiger charge is -2.26. The number of benzene rings is 2. The highest BCUT2D eigenvalue weighted by molar-refractivity contribution is 6.46. The Labute approximate surface area is 195 Å². The molecular weight excluding hydrogens is 418 g/mol. The molecule has 0 bridgehead atoms. The van der Waals surface area contributed by atoms with Gasteiger partial charge in [0.2, 0.25) is 0 Å². The molecule has 1 atom stereocenters. The third-order valence-corrected chi connectivity index (χ3v) is 6.07. The first-order chi connectivity index (χ1) is 15.6. The van der Waals surface area contributed by atoms with Crippen molar-refractivity contribution in [2.24, 2.45) is 0 Å². The fraction of sp³-hybridized carbons (Fsp3) is 0.407. The Bertz CT molecular complexity index is 1060. The SMILES string of the molecule is COCCCN1C(=O)C(=O)C(=C(O)c2ccc(OC)cc2C)[C@H]1c1ccc(C(C)(C)C)cc1. The molecule has 0 aromatic heterocycles. The molecule has 1 N–H and O–H groups in total. The van der Waals surface area contributed by atoms with Crippen molar-refractivity contribution < 1.29 is 24.2 Å². The highest BCUT2D eigenvalue weighted by Gasteiger charge is 2.46. The lowest BCUT2D eigenvalue weighted by Crippen LogP contribution is -2.31. The fourth-order valence-electron chi connectivity index (χ4n) is 4.18. The Morgan fingerprint density at radius 1 is 1.06 bits per heavy atom. The molecule has 2 aromatic rings. The summed E-state index contributed by atoms with van der Waals surface area (Å²) < 4.78 is 10.4. The molecule has 0 unspecified atom stereocenters. The molecule has 0 radical (unpaired) electrons. The van der Waals surface area contributed by atoms with Crippen molar-refractivity contribution in [3.8, 4) is 5.75 Å². The quantitative estimate of drug-likeness (QED) is 0.284. The minimum Gasteiger partial charge on any atom is -0.507 e. The molecule has 1 aliphatic rings. The average Bonchev–Trinajstić information content (AvgIpc) is 3.03. The molecule has 3 rings (SSSR count). The summed E-state index contributed by atoms with van der Waals surface area (Å²) in [6.07, 6.45) is 0.585. The summed E-state index contributed by atoms with van der Waals surface area (Å²) in [7, 11) is 3.17. The van der Waals surface area contributed by atoms with E-state index in [4.69, 9.17) is 9.47 Å². The number of ether oxygens (including phenoxy) is 2. The van der Waals surface area contributed by atoms with Crippen LogP contribution in [0.5, 0.6) is 5.75 Å². The predicted molar refractivity (Wildman–Crippen MR) is 128 cm³/mol. The minimum absolute atomic E-state index is 0.0288. The van der Waals surface area contributed by atoms with E-state index in [1.807, 2.05) is 31.2 Å². The smallest absolute Gasteiger partial charge is 0.295 e. The van der Waals surface area contributed by atoms with Crippen LogP contribution in [0.25, 0.3) is 5.76 Å². The van der Waals surface area contributed by atoms with Crippen molar-refractivity contribution in [1.82, 2.24) is 4.90 Å². The van der Waals surface area contributed by atoms with Gasteiger partial charge in [0.05, 0.1) is 18.7 Å². The second-order valence-corrected chi connectivity index (χ2v) is 9.39. The predicted octanol–water partition coefficient (Wildman–Crippen LogP) is 4.76. The molecule has 0 saturated carbocycles. The van der Waals surface area contributed by atoms with Crippen LogP contribution in [0, 0.1) is 6.92 Å². The number of Topliss-reactive ketones (excluding diaryl/α,β-unsaturated/α-hetero) is 1. The molecule has 1 amide bonds. The van der Waals surface area contributed by atoms with E-state index in [1.54, 1.807) is 32.4 Å². The maximum Gasteiger partial charge on any atom is 0.295 e. The van der Waals surface area contributed by atoms with Crippen LogP contribution < -0.4 is 4.74 Å². The Morgan fingerprint density at radius 2 is 1.73 bits per heavy atom. The number of aryl methyl sites for hydroxylation is 1. The first-order valence-electron chi connectivity index (χ1n) is 11.1. The number of methoxy groups -OCH3 is 2. The van der Waals surface area contributed by atoms with E-state index in [2.05, 4.69) is 20.8 Å². The van der Waals surface area contributed by atoms with Crippen molar-refractivity contribution in [2.75, 3.05) is 27.4 Å². The monoisotopic (exact) mass is 451 g/mol. The number of rotatable bonds is 7. The van der Waals surface area contributed by atoms with Crippen molar-refractivity contribution in [1.29, 1.82) is 0 Å². The molecule has 2 aromatic carbocycles. The van der Waals surface area contributed by atoms with Gasteiger partial charge in [-0.3, -0.25) is 9.59 Å². The Kier molecular flexibility index (Phi) is 7.28. The van der Waals surface area contributed by atoms with Crippen LogP contribution in [-0.4, -0.2) is 49.1 Å². The zero-order valence-electron chi connectivity index (χ0n) is 20.3. The van der Waals surface area contributed by atoms with Gasteiger partial charge < -0.3 is 19.5 Å². The summed E-state index contributed by atoms with van der Waals surface area (Å²) >= 11 is 0. The Balaban J connectivity index is 2.14. The molecule has 1 heterocycles. The van der Waals surface area contributed by atoms with Gasteiger partial charge in [-0.05, 0) is 53.6 Å². The van der Waals surface area contributed by atoms with Crippen LogP contribution in [0.1, 0.15) is 55.5 Å². The lowest BCUT2D eigenvalue weighted by molar-refractivity contribution is -0.140. The summed E-state index contributed by atoms with van der Waals surface area (Å²) in [6.45, 7) is 9.04. The second kappa shape index (κ2) is 9.79. The zero-order valence-corrected chi connectivity index (χ0v) is 20.3. The number of aliphatic hydroxyl groups excluding tert-OH is 1. The van der Waals surface area contributed by atoms with Gasteiger partial charge in [0.1, 0.15) is 11.5 Å². The fourth-order valence-corrected chi connectivity index (χ4v) is 4.18. The highest BCUT2D eigenvalue weighted by atomic mass is 16.5. The number of hydrogen-bond donors (Lipinski definition) is 1. The number of aliphatic hydroxyl groups is 1. The van der Waals surface area contributed by atoms with Gasteiger partial charge >= 0.3 is 0 Å². The van der Waals surface area contributed by atoms with E-state index in [9.17, 15) is 14.7 Å². The molecule has 176 valence electrons. The summed E-state index contributed by atoms with van der Waals surface area (Å²) in [5.41, 5.74) is 3.26. The van der Waals surface area contributed by atoms with Crippen molar-refractivity contribution in [3.63, 3.8) is 0 Å². The third kappa shape index (κ3) is 4.96. The standard InChI is InChI=1S/C27H33NO5/c1-17-16-20(33-6)12-13-21(17)24(29)22-23(18-8-10-19(11-9-18)27(2,3)4)28(14-7-15-32-5)26(31)25(22)30/h8-13,16,23,29H,7,14-15H2,1-6H3/t23-/m1/s1. The van der Waals surface area contributed by atoms with Gasteiger partial charge in [-0.2, -0.15) is 0 Å². The Morgan fingerprint density at radius 3 is 2.27 bits per heavy atom. The largest absolute Gasteiger partial charge is 0.507 e. The van der Waals surface area contributed by atoms with Gasteiger partial charge in [0.25, 0.3) is 11.7 Å². The van der Waals surface area contributed by atoms with Crippen LogP contribution in [0.15, 0.2) is 48.0 Å². The molecule has 1 aliphatic heterocycles. The van der Waals surface area contributed by atoms with E-state index in [1.165, 1.54) is 4.90 Å². The number of carbonyl (C=O) groups is 2. The average molecular weight is 452 g/mol. The first kappa shape index (κ1) is 24.5. The number of nitrogens with zero attached hydrogens (tertiary/aromatic N) is 1. The maximum atomic E-state index is 13.1.